The fraction of sp³-hybridized carbons (Fsp3) is 0.500. The Morgan fingerprint density at radius 1 is 1.29 bits per heavy atom. The van der Waals surface area contributed by atoms with Crippen LogP contribution in [0.3, 0.4) is 0 Å². The molecule has 0 bridgehead atoms. The van der Waals surface area contributed by atoms with E-state index in [1.807, 2.05) is 0 Å². The summed E-state index contributed by atoms with van der Waals surface area (Å²) in [5, 5.41) is 0. The zero-order valence-electron chi connectivity index (χ0n) is 8.32. The highest BCUT2D eigenvalue weighted by Crippen LogP contribution is 2.34. The van der Waals surface area contributed by atoms with Crippen LogP contribution in [0.4, 0.5) is 0 Å². The van der Waals surface area contributed by atoms with E-state index in [9.17, 15) is 0 Å². The number of hydrogen-bond donors (Lipinski definition) is 0. The van der Waals surface area contributed by atoms with Gasteiger partial charge in [0.1, 0.15) is 5.75 Å². The quantitative estimate of drug-likeness (QED) is 0.732. The first-order chi connectivity index (χ1) is 6.83. The van der Waals surface area contributed by atoms with E-state index in [2.05, 4.69) is 4.98 Å². The van der Waals surface area contributed by atoms with Crippen LogP contribution in [0.5, 0.6) is 17.4 Å². The van der Waals surface area contributed by atoms with E-state index < -0.39 is 0 Å². The molecule has 1 aliphatic carbocycles. The Labute approximate surface area is 82.8 Å². The molecule has 1 saturated carbocycles. The van der Waals surface area contributed by atoms with Gasteiger partial charge < -0.3 is 14.2 Å². The van der Waals surface area contributed by atoms with Crippen molar-refractivity contribution >= 4 is 0 Å². The summed E-state index contributed by atoms with van der Waals surface area (Å²) in [6, 6.07) is 1.80. The van der Waals surface area contributed by atoms with Gasteiger partial charge in [-0.15, -0.1) is 0 Å². The van der Waals surface area contributed by atoms with Crippen molar-refractivity contribution in [1.29, 1.82) is 0 Å². The summed E-state index contributed by atoms with van der Waals surface area (Å²) in [5.74, 6) is 1.86. The van der Waals surface area contributed by atoms with Gasteiger partial charge in [-0.2, -0.15) is 0 Å². The maximum Gasteiger partial charge on any atom is 0.256 e. The number of hydrogen-bond acceptors (Lipinski definition) is 4. The van der Waals surface area contributed by atoms with Gasteiger partial charge in [0.15, 0.2) is 5.75 Å². The number of ether oxygens (including phenoxy) is 3. The van der Waals surface area contributed by atoms with E-state index in [0.717, 1.165) is 12.8 Å². The lowest BCUT2D eigenvalue weighted by molar-refractivity contribution is 0.274. The molecule has 1 aliphatic rings. The largest absolute Gasteiger partial charge is 0.495 e. The molecule has 0 radical (unpaired) electrons. The summed E-state index contributed by atoms with van der Waals surface area (Å²) in [6.45, 7) is 0. The van der Waals surface area contributed by atoms with Crippen LogP contribution in [0.25, 0.3) is 0 Å². The van der Waals surface area contributed by atoms with Gasteiger partial charge in [0, 0.05) is 6.07 Å². The smallest absolute Gasteiger partial charge is 0.256 e. The molecule has 0 unspecified atom stereocenters. The molecule has 0 saturated heterocycles. The molecule has 1 fully saturated rings. The van der Waals surface area contributed by atoms with Gasteiger partial charge in [-0.25, -0.2) is 4.98 Å². The van der Waals surface area contributed by atoms with Crippen LogP contribution in [0.15, 0.2) is 12.3 Å². The highest BCUT2D eigenvalue weighted by Gasteiger charge is 2.25. The van der Waals surface area contributed by atoms with Crippen molar-refractivity contribution in [3.8, 4) is 17.4 Å². The van der Waals surface area contributed by atoms with Gasteiger partial charge in [-0.05, 0) is 12.8 Å². The van der Waals surface area contributed by atoms with E-state index in [1.165, 1.54) is 0 Å². The molecule has 1 aromatic rings. The number of pyridine rings is 1. The average molecular weight is 195 g/mol. The van der Waals surface area contributed by atoms with E-state index in [1.54, 1.807) is 26.5 Å². The maximum atomic E-state index is 5.62. The fourth-order valence-corrected chi connectivity index (χ4v) is 1.13. The third-order valence-corrected chi connectivity index (χ3v) is 2.04. The lowest BCUT2D eigenvalue weighted by atomic mass is 10.4. The number of rotatable bonds is 4. The van der Waals surface area contributed by atoms with E-state index in [0.29, 0.717) is 23.5 Å². The van der Waals surface area contributed by atoms with Gasteiger partial charge in [0.05, 0.1) is 26.5 Å². The first-order valence-electron chi connectivity index (χ1n) is 4.58. The second kappa shape index (κ2) is 3.74. The van der Waals surface area contributed by atoms with Crippen LogP contribution in [0.1, 0.15) is 12.8 Å². The molecule has 4 nitrogen and oxygen atoms in total. The Bertz CT molecular complexity index is 323. The van der Waals surface area contributed by atoms with E-state index in [-0.39, 0.29) is 0 Å². The van der Waals surface area contributed by atoms with Gasteiger partial charge in [-0.3, -0.25) is 0 Å². The van der Waals surface area contributed by atoms with Crippen LogP contribution in [0, 0.1) is 0 Å². The van der Waals surface area contributed by atoms with Gasteiger partial charge >= 0.3 is 0 Å². The zero-order chi connectivity index (χ0) is 9.97. The molecule has 0 aliphatic heterocycles. The average Bonchev–Trinajstić information content (AvgIpc) is 3.01. The van der Waals surface area contributed by atoms with Gasteiger partial charge in [-0.1, -0.05) is 0 Å². The summed E-state index contributed by atoms with van der Waals surface area (Å²) < 4.78 is 15.8. The minimum absolute atomic E-state index is 0.331. The van der Waals surface area contributed by atoms with Crippen molar-refractivity contribution in [3.63, 3.8) is 0 Å². The Kier molecular flexibility index (Phi) is 2.43. The molecule has 0 aromatic carbocycles. The Morgan fingerprint density at radius 2 is 2.07 bits per heavy atom. The monoisotopic (exact) mass is 195 g/mol. The first-order valence-corrected chi connectivity index (χ1v) is 4.58. The lowest BCUT2D eigenvalue weighted by Gasteiger charge is -2.09. The van der Waals surface area contributed by atoms with Crippen LogP contribution in [0.2, 0.25) is 0 Å². The predicted molar refractivity (Wildman–Crippen MR) is 51.0 cm³/mol. The maximum absolute atomic E-state index is 5.62. The summed E-state index contributed by atoms with van der Waals surface area (Å²) in [5.41, 5.74) is 0. The van der Waals surface area contributed by atoms with Crippen LogP contribution in [-0.2, 0) is 0 Å². The molecule has 14 heavy (non-hydrogen) atoms. The van der Waals surface area contributed by atoms with Crippen LogP contribution in [-0.4, -0.2) is 25.3 Å². The number of methoxy groups -OCH3 is 2. The molecule has 1 heterocycles. The van der Waals surface area contributed by atoms with Crippen molar-refractivity contribution in [2.75, 3.05) is 14.2 Å². The number of nitrogens with zero attached hydrogens (tertiary/aromatic N) is 1. The third kappa shape index (κ3) is 1.89. The predicted octanol–water partition coefficient (Wildman–Crippen LogP) is 1.64. The van der Waals surface area contributed by atoms with Crippen molar-refractivity contribution < 1.29 is 14.2 Å². The topological polar surface area (TPSA) is 40.6 Å². The Morgan fingerprint density at radius 3 is 2.64 bits per heavy atom. The highest BCUT2D eigenvalue weighted by molar-refractivity contribution is 5.39. The summed E-state index contributed by atoms with van der Waals surface area (Å²) in [7, 11) is 3.18. The lowest BCUT2D eigenvalue weighted by Crippen LogP contribution is -2.00. The summed E-state index contributed by atoms with van der Waals surface area (Å²) in [4.78, 5) is 4.08. The third-order valence-electron chi connectivity index (χ3n) is 2.04. The normalized spacial score (nSPS) is 15.0. The fourth-order valence-electron chi connectivity index (χ4n) is 1.13. The summed E-state index contributed by atoms with van der Waals surface area (Å²) in [6.07, 6.45) is 4.16. The summed E-state index contributed by atoms with van der Waals surface area (Å²) >= 11 is 0. The molecule has 1 aromatic heterocycles. The molecule has 0 atom stereocenters. The van der Waals surface area contributed by atoms with Crippen LogP contribution >= 0.6 is 0 Å². The van der Waals surface area contributed by atoms with Crippen molar-refractivity contribution in [3.05, 3.63) is 12.3 Å². The second-order valence-electron chi connectivity index (χ2n) is 3.20. The molecule has 2 rings (SSSR count). The molecule has 76 valence electrons. The van der Waals surface area contributed by atoms with Crippen molar-refractivity contribution in [2.45, 2.75) is 18.9 Å². The molecular weight excluding hydrogens is 182 g/mol. The van der Waals surface area contributed by atoms with Crippen molar-refractivity contribution in [2.24, 2.45) is 0 Å². The van der Waals surface area contributed by atoms with Crippen LogP contribution < -0.4 is 14.2 Å². The zero-order valence-corrected chi connectivity index (χ0v) is 8.32. The Hall–Kier alpha value is -1.45. The SMILES string of the molecule is COc1cnc(OC)c(OC2CC2)c1. The van der Waals surface area contributed by atoms with E-state index >= 15 is 0 Å². The van der Waals surface area contributed by atoms with Gasteiger partial charge in [0.25, 0.3) is 5.88 Å². The minimum atomic E-state index is 0.331. The molecule has 0 spiro atoms. The highest BCUT2D eigenvalue weighted by atomic mass is 16.5. The van der Waals surface area contributed by atoms with Gasteiger partial charge in [0.2, 0.25) is 0 Å². The first kappa shape index (κ1) is 9.12. The number of aromatic nitrogens is 1. The molecular formula is C10H13NO3. The second-order valence-corrected chi connectivity index (χ2v) is 3.20. The van der Waals surface area contributed by atoms with Crippen molar-refractivity contribution in [1.82, 2.24) is 4.98 Å². The minimum Gasteiger partial charge on any atom is -0.495 e. The molecule has 4 heteroatoms. The molecule has 0 amide bonds. The standard InChI is InChI=1S/C10H13NO3/c1-12-8-5-9(14-7-3-4-7)10(13-2)11-6-8/h5-7H,3-4H2,1-2H3. The van der Waals surface area contributed by atoms with E-state index in [4.69, 9.17) is 14.2 Å². The Balaban J connectivity index is 2.21. The molecule has 0 N–H and O–H groups in total.